The van der Waals surface area contributed by atoms with Gasteiger partial charge in [-0.2, -0.15) is 0 Å². The third kappa shape index (κ3) is 3.02. The Morgan fingerprint density at radius 1 is 1.25 bits per heavy atom. The minimum absolute atomic E-state index is 0.0544. The Balaban J connectivity index is 1.80. The number of ether oxygens (including phenoxy) is 1. The molecular formula is C17H19NO5S. The summed E-state index contributed by atoms with van der Waals surface area (Å²) in [7, 11) is -2.25. The number of aliphatic carboxylic acids is 1. The Bertz CT molecular complexity index is 866. The van der Waals surface area contributed by atoms with Crippen LogP contribution >= 0.6 is 0 Å². The molecule has 0 unspecified atom stereocenters. The van der Waals surface area contributed by atoms with Crippen LogP contribution in [0.5, 0.6) is 0 Å². The van der Waals surface area contributed by atoms with Gasteiger partial charge in [-0.25, -0.2) is 13.1 Å². The van der Waals surface area contributed by atoms with Crippen molar-refractivity contribution in [2.75, 3.05) is 13.7 Å². The molecule has 1 aliphatic rings. The van der Waals surface area contributed by atoms with Gasteiger partial charge >= 0.3 is 5.97 Å². The SMILES string of the molecule is COC1(CNS(=O)(=O)c2cccc3ccccc23)CC(C(=O)O)C1. The van der Waals surface area contributed by atoms with Crippen molar-refractivity contribution in [1.82, 2.24) is 4.72 Å². The third-order valence-corrected chi connectivity index (χ3v) is 6.10. The van der Waals surface area contributed by atoms with Gasteiger partial charge in [0.2, 0.25) is 10.0 Å². The van der Waals surface area contributed by atoms with E-state index in [2.05, 4.69) is 4.72 Å². The molecule has 7 heteroatoms. The highest BCUT2D eigenvalue weighted by Gasteiger charge is 2.48. The quantitative estimate of drug-likeness (QED) is 0.832. The number of rotatable bonds is 6. The normalized spacial score (nSPS) is 23.8. The summed E-state index contributed by atoms with van der Waals surface area (Å²) < 4.78 is 33.3. The highest BCUT2D eigenvalue weighted by molar-refractivity contribution is 7.89. The van der Waals surface area contributed by atoms with Gasteiger partial charge in [-0.3, -0.25) is 4.79 Å². The lowest BCUT2D eigenvalue weighted by molar-refractivity contribution is -0.161. The van der Waals surface area contributed by atoms with E-state index in [0.29, 0.717) is 18.2 Å². The van der Waals surface area contributed by atoms with Crippen molar-refractivity contribution in [3.8, 4) is 0 Å². The molecule has 3 rings (SSSR count). The van der Waals surface area contributed by atoms with E-state index in [0.717, 1.165) is 5.39 Å². The Morgan fingerprint density at radius 2 is 1.92 bits per heavy atom. The van der Waals surface area contributed by atoms with Gasteiger partial charge in [-0.05, 0) is 24.3 Å². The highest BCUT2D eigenvalue weighted by atomic mass is 32.2. The van der Waals surface area contributed by atoms with Crippen LogP contribution in [0.2, 0.25) is 0 Å². The van der Waals surface area contributed by atoms with Crippen LogP contribution < -0.4 is 4.72 Å². The first-order chi connectivity index (χ1) is 11.4. The monoisotopic (exact) mass is 349 g/mol. The van der Waals surface area contributed by atoms with Gasteiger partial charge in [0.05, 0.1) is 16.4 Å². The molecule has 0 aromatic heterocycles. The van der Waals surface area contributed by atoms with Crippen LogP contribution in [0.15, 0.2) is 47.4 Å². The maximum Gasteiger partial charge on any atom is 0.306 e. The zero-order valence-corrected chi connectivity index (χ0v) is 14.0. The average molecular weight is 349 g/mol. The fraction of sp³-hybridized carbons (Fsp3) is 0.353. The number of sulfonamides is 1. The van der Waals surface area contributed by atoms with E-state index in [1.54, 1.807) is 24.3 Å². The average Bonchev–Trinajstić information content (AvgIpc) is 2.53. The lowest BCUT2D eigenvalue weighted by Crippen LogP contribution is -2.55. The number of hydrogen-bond donors (Lipinski definition) is 2. The predicted octanol–water partition coefficient (Wildman–Crippen LogP) is 2.00. The van der Waals surface area contributed by atoms with Crippen LogP contribution in [0.4, 0.5) is 0 Å². The van der Waals surface area contributed by atoms with Crippen molar-refractivity contribution in [3.63, 3.8) is 0 Å². The van der Waals surface area contributed by atoms with Gasteiger partial charge < -0.3 is 9.84 Å². The van der Waals surface area contributed by atoms with Crippen LogP contribution in [0, 0.1) is 5.92 Å². The van der Waals surface area contributed by atoms with Gasteiger partial charge in [0.15, 0.2) is 0 Å². The number of nitrogens with one attached hydrogen (secondary N) is 1. The number of carboxylic acids is 1. The summed E-state index contributed by atoms with van der Waals surface area (Å²) in [5.41, 5.74) is -0.749. The summed E-state index contributed by atoms with van der Waals surface area (Å²) in [5, 5.41) is 10.5. The van der Waals surface area contributed by atoms with E-state index in [1.165, 1.54) is 7.11 Å². The van der Waals surface area contributed by atoms with Crippen molar-refractivity contribution < 1.29 is 23.1 Å². The van der Waals surface area contributed by atoms with Gasteiger partial charge in [0.25, 0.3) is 0 Å². The lowest BCUT2D eigenvalue weighted by Gasteiger charge is -2.44. The van der Waals surface area contributed by atoms with E-state index in [4.69, 9.17) is 9.84 Å². The Kier molecular flexibility index (Phi) is 4.33. The molecule has 0 aliphatic heterocycles. The summed E-state index contributed by atoms with van der Waals surface area (Å²) in [6, 6.07) is 12.4. The summed E-state index contributed by atoms with van der Waals surface area (Å²) in [5.74, 6) is -1.36. The molecule has 2 aromatic rings. The molecule has 0 spiro atoms. The van der Waals surface area contributed by atoms with Crippen LogP contribution in [-0.2, 0) is 19.6 Å². The second-order valence-corrected chi connectivity index (χ2v) is 7.87. The van der Waals surface area contributed by atoms with E-state index in [9.17, 15) is 13.2 Å². The summed E-state index contributed by atoms with van der Waals surface area (Å²) in [4.78, 5) is 11.2. The first-order valence-electron chi connectivity index (χ1n) is 7.62. The molecule has 128 valence electrons. The molecular weight excluding hydrogens is 330 g/mol. The van der Waals surface area contributed by atoms with Crippen LogP contribution in [0.3, 0.4) is 0 Å². The molecule has 1 saturated carbocycles. The molecule has 0 heterocycles. The van der Waals surface area contributed by atoms with Crippen LogP contribution in [0.25, 0.3) is 10.8 Å². The maximum absolute atomic E-state index is 12.7. The molecule has 0 radical (unpaired) electrons. The first kappa shape index (κ1) is 16.9. The first-order valence-corrected chi connectivity index (χ1v) is 9.11. The molecule has 24 heavy (non-hydrogen) atoms. The van der Waals surface area contributed by atoms with Crippen LogP contribution in [0.1, 0.15) is 12.8 Å². The molecule has 6 nitrogen and oxygen atoms in total. The zero-order valence-electron chi connectivity index (χ0n) is 13.2. The summed E-state index contributed by atoms with van der Waals surface area (Å²) in [6.07, 6.45) is 0.605. The molecule has 2 N–H and O–H groups in total. The number of methoxy groups -OCH3 is 1. The molecule has 1 fully saturated rings. The van der Waals surface area contributed by atoms with Gasteiger partial charge in [0, 0.05) is 19.0 Å². The molecule has 0 bridgehead atoms. The lowest BCUT2D eigenvalue weighted by atomic mass is 9.71. The number of carbonyl (C=O) groups is 1. The summed E-state index contributed by atoms with van der Waals surface area (Å²) >= 11 is 0. The zero-order chi connectivity index (χ0) is 17.4. The topological polar surface area (TPSA) is 92.7 Å². The van der Waals surface area contributed by atoms with Crippen molar-refractivity contribution >= 4 is 26.8 Å². The van der Waals surface area contributed by atoms with Gasteiger partial charge in [0.1, 0.15) is 0 Å². The van der Waals surface area contributed by atoms with Crippen molar-refractivity contribution in [3.05, 3.63) is 42.5 Å². The smallest absolute Gasteiger partial charge is 0.306 e. The number of hydrogen-bond acceptors (Lipinski definition) is 4. The van der Waals surface area contributed by atoms with Crippen molar-refractivity contribution in [2.24, 2.45) is 5.92 Å². The second-order valence-electron chi connectivity index (χ2n) is 6.13. The third-order valence-electron chi connectivity index (χ3n) is 4.64. The largest absolute Gasteiger partial charge is 0.481 e. The van der Waals surface area contributed by atoms with Gasteiger partial charge in [-0.15, -0.1) is 0 Å². The minimum Gasteiger partial charge on any atom is -0.481 e. The fourth-order valence-corrected chi connectivity index (χ4v) is 4.47. The Hall–Kier alpha value is -1.96. The van der Waals surface area contributed by atoms with Crippen molar-refractivity contribution in [2.45, 2.75) is 23.3 Å². The Labute approximate surface area is 140 Å². The van der Waals surface area contributed by atoms with Crippen molar-refractivity contribution in [1.29, 1.82) is 0 Å². The van der Waals surface area contributed by atoms with Crippen LogP contribution in [-0.4, -0.2) is 38.7 Å². The minimum atomic E-state index is -3.72. The summed E-state index contributed by atoms with van der Waals surface area (Å²) in [6.45, 7) is 0.0544. The molecule has 2 aromatic carbocycles. The standard InChI is InChI=1S/C17H19NO5S/c1-23-17(9-13(10-17)16(19)20)11-18-24(21,22)15-8-4-6-12-5-2-3-7-14(12)15/h2-8,13,18H,9-11H2,1H3,(H,19,20). The fourth-order valence-electron chi connectivity index (χ4n) is 3.13. The highest BCUT2D eigenvalue weighted by Crippen LogP contribution is 2.40. The Morgan fingerprint density at radius 3 is 2.58 bits per heavy atom. The number of carboxylic acid groups (broad SMARTS) is 1. The van der Waals surface area contributed by atoms with E-state index < -0.39 is 27.5 Å². The molecule has 0 atom stereocenters. The van der Waals surface area contributed by atoms with E-state index in [-0.39, 0.29) is 11.4 Å². The predicted molar refractivity (Wildman–Crippen MR) is 89.2 cm³/mol. The second kappa shape index (κ2) is 6.16. The van der Waals surface area contributed by atoms with E-state index in [1.807, 2.05) is 18.2 Å². The number of fused-ring (bicyclic) bond motifs is 1. The van der Waals surface area contributed by atoms with E-state index >= 15 is 0 Å². The van der Waals surface area contributed by atoms with Gasteiger partial charge in [-0.1, -0.05) is 36.4 Å². The molecule has 0 amide bonds. The number of benzene rings is 2. The molecule has 0 saturated heterocycles. The maximum atomic E-state index is 12.7. The molecule has 1 aliphatic carbocycles.